The van der Waals surface area contributed by atoms with Gasteiger partial charge in [-0.15, -0.1) is 0 Å². The molecule has 2 aromatic rings. The number of hydrogen-bond donors (Lipinski definition) is 3. The second-order valence-corrected chi connectivity index (χ2v) is 8.70. The Bertz CT molecular complexity index is 922. The Morgan fingerprint density at radius 1 is 1.03 bits per heavy atom. The lowest BCUT2D eigenvalue weighted by molar-refractivity contribution is 0.0966. The van der Waals surface area contributed by atoms with Crippen molar-refractivity contribution in [1.82, 2.24) is 10.2 Å². The lowest BCUT2D eigenvalue weighted by Gasteiger charge is -2.20. The van der Waals surface area contributed by atoms with Crippen LogP contribution >= 0.6 is 15.9 Å². The minimum Gasteiger partial charge on any atom is -0.384 e. The van der Waals surface area contributed by atoms with E-state index < -0.39 is 0 Å². The van der Waals surface area contributed by atoms with Gasteiger partial charge < -0.3 is 20.9 Å². The van der Waals surface area contributed by atoms with E-state index in [4.69, 9.17) is 0 Å². The molecular formula is C23H27BrN4O2. The van der Waals surface area contributed by atoms with Gasteiger partial charge in [-0.2, -0.15) is 0 Å². The zero-order valence-electron chi connectivity index (χ0n) is 17.0. The van der Waals surface area contributed by atoms with Gasteiger partial charge in [-0.1, -0.05) is 28.8 Å². The van der Waals surface area contributed by atoms with E-state index in [0.717, 1.165) is 28.8 Å². The smallest absolute Gasteiger partial charge is 0.255 e. The quantitative estimate of drug-likeness (QED) is 0.590. The average Bonchev–Trinajstić information content (AvgIpc) is 2.97. The number of hydrogen-bond acceptors (Lipinski definition) is 4. The van der Waals surface area contributed by atoms with Crippen molar-refractivity contribution in [3.05, 3.63) is 57.6 Å². The maximum Gasteiger partial charge on any atom is 0.255 e. The van der Waals surface area contributed by atoms with Crippen molar-refractivity contribution in [2.75, 3.05) is 36.8 Å². The van der Waals surface area contributed by atoms with Gasteiger partial charge in [0.1, 0.15) is 0 Å². The number of halogens is 1. The van der Waals surface area contributed by atoms with Crippen LogP contribution < -0.4 is 16.0 Å². The zero-order valence-corrected chi connectivity index (χ0v) is 18.6. The standard InChI is InChI=1S/C23H27BrN4O2/c24-19-9-10-20(21-18(19)15-26-23(21)30)27-22(29)16-5-7-17(8-6-16)25-11-14-28-12-3-1-2-4-13-28/h5-10,25H,1-4,11-15H2,(H,26,30)(H,27,29). The molecule has 30 heavy (non-hydrogen) atoms. The summed E-state index contributed by atoms with van der Waals surface area (Å²) >= 11 is 3.46. The van der Waals surface area contributed by atoms with Crippen LogP contribution in [0.3, 0.4) is 0 Å². The van der Waals surface area contributed by atoms with Crippen LogP contribution in [0.2, 0.25) is 0 Å². The fourth-order valence-corrected chi connectivity index (χ4v) is 4.54. The second-order valence-electron chi connectivity index (χ2n) is 7.85. The molecule has 2 amide bonds. The molecule has 6 nitrogen and oxygen atoms in total. The molecule has 0 radical (unpaired) electrons. The molecule has 0 spiro atoms. The van der Waals surface area contributed by atoms with Crippen LogP contribution in [0.15, 0.2) is 40.9 Å². The average molecular weight is 471 g/mol. The number of carbonyl (C=O) groups is 2. The van der Waals surface area contributed by atoms with Crippen LogP contribution in [0.1, 0.15) is 52.0 Å². The highest BCUT2D eigenvalue weighted by molar-refractivity contribution is 9.10. The summed E-state index contributed by atoms with van der Waals surface area (Å²) in [7, 11) is 0. The predicted octanol–water partition coefficient (Wildman–Crippen LogP) is 4.23. The molecule has 7 heteroatoms. The van der Waals surface area contributed by atoms with Gasteiger partial charge in [-0.05, 0) is 62.3 Å². The number of amides is 2. The summed E-state index contributed by atoms with van der Waals surface area (Å²) in [5.41, 5.74) is 3.51. The molecule has 3 N–H and O–H groups in total. The third kappa shape index (κ3) is 4.84. The van der Waals surface area contributed by atoms with E-state index in [9.17, 15) is 9.59 Å². The minimum absolute atomic E-state index is 0.162. The molecule has 0 aromatic heterocycles. The summed E-state index contributed by atoms with van der Waals surface area (Å²) in [5.74, 6) is -0.388. The van der Waals surface area contributed by atoms with Crippen molar-refractivity contribution in [3.63, 3.8) is 0 Å². The third-order valence-corrected chi connectivity index (χ3v) is 6.50. The van der Waals surface area contributed by atoms with Crippen molar-refractivity contribution in [1.29, 1.82) is 0 Å². The zero-order chi connectivity index (χ0) is 20.9. The van der Waals surface area contributed by atoms with Crippen molar-refractivity contribution < 1.29 is 9.59 Å². The van der Waals surface area contributed by atoms with E-state index in [2.05, 4.69) is 36.8 Å². The highest BCUT2D eigenvalue weighted by Gasteiger charge is 2.25. The Labute approximate surface area is 185 Å². The molecule has 2 aliphatic rings. The fourth-order valence-electron chi connectivity index (χ4n) is 4.07. The number of fused-ring (bicyclic) bond motifs is 1. The number of benzene rings is 2. The van der Waals surface area contributed by atoms with Crippen LogP contribution in [0.4, 0.5) is 11.4 Å². The Hall–Kier alpha value is -2.38. The van der Waals surface area contributed by atoms with Gasteiger partial charge in [0.05, 0.1) is 11.3 Å². The highest BCUT2D eigenvalue weighted by Crippen LogP contribution is 2.31. The maximum atomic E-state index is 12.7. The Morgan fingerprint density at radius 2 is 1.77 bits per heavy atom. The van der Waals surface area contributed by atoms with Gasteiger partial charge in [0.15, 0.2) is 0 Å². The summed E-state index contributed by atoms with van der Waals surface area (Å²) < 4.78 is 0.865. The first-order valence-corrected chi connectivity index (χ1v) is 11.4. The molecule has 0 atom stereocenters. The molecule has 0 unspecified atom stereocenters. The largest absolute Gasteiger partial charge is 0.384 e. The van der Waals surface area contributed by atoms with Crippen molar-refractivity contribution in [3.8, 4) is 0 Å². The summed E-state index contributed by atoms with van der Waals surface area (Å²) in [6.07, 6.45) is 5.29. The molecule has 2 aliphatic heterocycles. The van der Waals surface area contributed by atoms with E-state index >= 15 is 0 Å². The fraction of sp³-hybridized carbons (Fsp3) is 0.391. The first kappa shape index (κ1) is 20.9. The monoisotopic (exact) mass is 470 g/mol. The third-order valence-electron chi connectivity index (χ3n) is 5.76. The van der Waals surface area contributed by atoms with Crippen molar-refractivity contribution in [2.45, 2.75) is 32.2 Å². The number of nitrogens with zero attached hydrogens (tertiary/aromatic N) is 1. The Balaban J connectivity index is 1.34. The van der Waals surface area contributed by atoms with E-state index in [1.807, 2.05) is 30.3 Å². The van der Waals surface area contributed by atoms with Crippen LogP contribution in [0.5, 0.6) is 0 Å². The molecular weight excluding hydrogens is 444 g/mol. The van der Waals surface area contributed by atoms with E-state index in [0.29, 0.717) is 23.4 Å². The Kier molecular flexibility index (Phi) is 6.69. The van der Waals surface area contributed by atoms with Gasteiger partial charge in [0.25, 0.3) is 11.8 Å². The van der Waals surface area contributed by atoms with Crippen LogP contribution in [-0.4, -0.2) is 42.9 Å². The topological polar surface area (TPSA) is 73.5 Å². The maximum absolute atomic E-state index is 12.7. The molecule has 0 bridgehead atoms. The number of likely N-dealkylation sites (tertiary alicyclic amines) is 1. The lowest BCUT2D eigenvalue weighted by atomic mass is 10.1. The molecule has 158 valence electrons. The predicted molar refractivity (Wildman–Crippen MR) is 123 cm³/mol. The summed E-state index contributed by atoms with van der Waals surface area (Å²) in [4.78, 5) is 27.4. The van der Waals surface area contributed by atoms with E-state index in [1.54, 1.807) is 6.07 Å². The minimum atomic E-state index is -0.227. The molecule has 2 aromatic carbocycles. The SMILES string of the molecule is O=C(Nc1ccc(Br)c2c1C(=O)NC2)c1ccc(NCCN2CCCCCC2)cc1. The molecule has 2 heterocycles. The van der Waals surface area contributed by atoms with Gasteiger partial charge in [-0.3, -0.25) is 9.59 Å². The first-order chi connectivity index (χ1) is 14.6. The first-order valence-electron chi connectivity index (χ1n) is 10.6. The van der Waals surface area contributed by atoms with Crippen molar-refractivity contribution in [2.24, 2.45) is 0 Å². The second kappa shape index (κ2) is 9.62. The summed E-state index contributed by atoms with van der Waals surface area (Å²) in [6.45, 7) is 4.79. The van der Waals surface area contributed by atoms with Crippen LogP contribution in [0.25, 0.3) is 0 Å². The number of anilines is 2. The number of nitrogens with one attached hydrogen (secondary N) is 3. The van der Waals surface area contributed by atoms with Gasteiger partial charge >= 0.3 is 0 Å². The normalized spacial score (nSPS) is 16.5. The summed E-state index contributed by atoms with van der Waals surface area (Å²) in [6, 6.07) is 11.1. The molecule has 1 fully saturated rings. The number of rotatable bonds is 6. The molecule has 0 saturated carbocycles. The number of carbonyl (C=O) groups excluding carboxylic acids is 2. The molecule has 0 aliphatic carbocycles. The van der Waals surface area contributed by atoms with Crippen LogP contribution in [-0.2, 0) is 6.54 Å². The van der Waals surface area contributed by atoms with E-state index in [1.165, 1.54) is 38.8 Å². The van der Waals surface area contributed by atoms with Gasteiger partial charge in [-0.25, -0.2) is 0 Å². The van der Waals surface area contributed by atoms with Gasteiger partial charge in [0, 0.05) is 40.9 Å². The Morgan fingerprint density at radius 3 is 2.50 bits per heavy atom. The molecule has 4 rings (SSSR count). The van der Waals surface area contributed by atoms with Gasteiger partial charge in [0.2, 0.25) is 0 Å². The lowest BCUT2D eigenvalue weighted by Crippen LogP contribution is -2.29. The van der Waals surface area contributed by atoms with Crippen LogP contribution in [0, 0.1) is 0 Å². The van der Waals surface area contributed by atoms with E-state index in [-0.39, 0.29) is 11.8 Å². The summed E-state index contributed by atoms with van der Waals surface area (Å²) in [5, 5.41) is 9.12. The van der Waals surface area contributed by atoms with Crippen molar-refractivity contribution >= 4 is 39.1 Å². The highest BCUT2D eigenvalue weighted by atomic mass is 79.9. The molecule has 1 saturated heterocycles.